The van der Waals surface area contributed by atoms with E-state index in [1.807, 2.05) is 26.2 Å². The molecule has 0 aromatic carbocycles. The Balaban J connectivity index is 1.81. The first-order chi connectivity index (χ1) is 13.0. The topological polar surface area (TPSA) is 83.6 Å². The van der Waals surface area contributed by atoms with Crippen LogP contribution in [0, 0.1) is 0 Å². The molecule has 158 valence electrons. The first kappa shape index (κ1) is 22.5. The summed E-state index contributed by atoms with van der Waals surface area (Å²) in [5, 5.41) is 8.76. The number of hydrogen-bond donors (Lipinski definition) is 2. The van der Waals surface area contributed by atoms with Gasteiger partial charge in [-0.3, -0.25) is 0 Å². The lowest BCUT2D eigenvalue weighted by Crippen LogP contribution is -2.51. The van der Waals surface area contributed by atoms with Crippen molar-refractivity contribution >= 4 is 23.5 Å². The minimum absolute atomic E-state index is 0.0112. The monoisotopic (exact) mass is 410 g/mol. The van der Waals surface area contributed by atoms with Crippen molar-refractivity contribution in [3.05, 3.63) is 16.1 Å². The maximum Gasteiger partial charge on any atom is 0.410 e. The van der Waals surface area contributed by atoms with E-state index in [2.05, 4.69) is 36.4 Å². The Labute approximate surface area is 172 Å². The zero-order valence-electron chi connectivity index (χ0n) is 17.9. The molecule has 1 aliphatic heterocycles. The highest BCUT2D eigenvalue weighted by Gasteiger charge is 2.30. The molecule has 1 unspecified atom stereocenters. The van der Waals surface area contributed by atoms with Gasteiger partial charge in [0, 0.05) is 23.9 Å². The fourth-order valence-electron chi connectivity index (χ4n) is 2.95. The molecule has 2 rings (SSSR count). The highest BCUT2D eigenvalue weighted by atomic mass is 32.1. The van der Waals surface area contributed by atoms with Crippen LogP contribution < -0.4 is 10.6 Å². The minimum atomic E-state index is -0.524. The van der Waals surface area contributed by atoms with Crippen molar-refractivity contribution in [2.24, 2.45) is 0 Å². The summed E-state index contributed by atoms with van der Waals surface area (Å²) in [6, 6.07) is -0.291. The van der Waals surface area contributed by atoms with E-state index in [1.54, 1.807) is 16.2 Å². The Kier molecular flexibility index (Phi) is 7.31. The van der Waals surface area contributed by atoms with Gasteiger partial charge in [0.25, 0.3) is 0 Å². The highest BCUT2D eigenvalue weighted by Crippen LogP contribution is 2.25. The van der Waals surface area contributed by atoms with E-state index in [0.29, 0.717) is 19.6 Å². The van der Waals surface area contributed by atoms with Crippen LogP contribution in [0.3, 0.4) is 0 Å². The summed E-state index contributed by atoms with van der Waals surface area (Å²) in [6.45, 7) is 13.4. The molecule has 0 radical (unpaired) electrons. The predicted octanol–water partition coefficient (Wildman–Crippen LogP) is 4.03. The molecule has 1 atom stereocenters. The summed E-state index contributed by atoms with van der Waals surface area (Å²) in [5.41, 5.74) is 0.346. The third-order valence-corrected chi connectivity index (χ3v) is 5.69. The van der Waals surface area contributed by atoms with Crippen molar-refractivity contribution in [2.75, 3.05) is 13.1 Å². The van der Waals surface area contributed by atoms with E-state index in [4.69, 9.17) is 4.74 Å². The average molecular weight is 411 g/mol. The lowest BCUT2D eigenvalue weighted by Gasteiger charge is -2.36. The van der Waals surface area contributed by atoms with Crippen LogP contribution in [0.2, 0.25) is 0 Å². The number of likely N-dealkylation sites (tertiary alicyclic amines) is 1. The van der Waals surface area contributed by atoms with Crippen LogP contribution in [-0.4, -0.2) is 46.7 Å². The Morgan fingerprint density at radius 3 is 2.54 bits per heavy atom. The number of rotatable bonds is 4. The van der Waals surface area contributed by atoms with Gasteiger partial charge in [-0.1, -0.05) is 20.8 Å². The molecule has 2 heterocycles. The second kappa shape index (κ2) is 9.11. The average Bonchev–Trinajstić information content (AvgIpc) is 3.06. The van der Waals surface area contributed by atoms with E-state index in [-0.39, 0.29) is 23.6 Å². The molecule has 28 heavy (non-hydrogen) atoms. The Morgan fingerprint density at radius 2 is 1.93 bits per heavy atom. The second-order valence-electron chi connectivity index (χ2n) is 9.28. The Bertz CT molecular complexity index is 676. The maximum atomic E-state index is 12.4. The number of ether oxygens (including phenoxy) is 1. The lowest BCUT2D eigenvalue weighted by molar-refractivity contribution is 0.0102. The fourth-order valence-corrected chi connectivity index (χ4v) is 3.86. The molecule has 7 nitrogen and oxygen atoms in total. The molecule has 0 saturated carbocycles. The first-order valence-electron chi connectivity index (χ1n) is 9.92. The quantitative estimate of drug-likeness (QED) is 0.785. The molecule has 1 aromatic heterocycles. The third-order valence-electron chi connectivity index (χ3n) is 4.38. The van der Waals surface area contributed by atoms with Crippen LogP contribution in [0.1, 0.15) is 71.5 Å². The molecule has 1 saturated heterocycles. The summed E-state index contributed by atoms with van der Waals surface area (Å²) < 4.78 is 5.50. The molecule has 0 aliphatic carbocycles. The number of nitrogens with zero attached hydrogens (tertiary/aromatic N) is 2. The number of aromatic nitrogens is 1. The molecule has 0 bridgehead atoms. The first-order valence-corrected chi connectivity index (χ1v) is 10.8. The number of hydrogen-bond acceptors (Lipinski definition) is 5. The minimum Gasteiger partial charge on any atom is -0.444 e. The zero-order chi connectivity index (χ0) is 20.9. The van der Waals surface area contributed by atoms with Crippen LogP contribution >= 0.6 is 11.3 Å². The molecule has 1 aliphatic rings. The van der Waals surface area contributed by atoms with Gasteiger partial charge in [-0.05, 0) is 40.0 Å². The fraction of sp³-hybridized carbons (Fsp3) is 0.750. The van der Waals surface area contributed by atoms with Crippen LogP contribution in [0.15, 0.2) is 5.38 Å². The number of urea groups is 1. The maximum absolute atomic E-state index is 12.4. The number of carbonyl (C=O) groups is 2. The SMILES string of the molecule is CC(C)(C)OC(=O)N1CCCCC1CNC(=O)NCc1csc(C(C)(C)C)n1. The van der Waals surface area contributed by atoms with E-state index in [1.165, 1.54) is 0 Å². The number of amides is 3. The molecule has 3 amide bonds. The van der Waals surface area contributed by atoms with Gasteiger partial charge in [0.1, 0.15) is 5.60 Å². The zero-order valence-corrected chi connectivity index (χ0v) is 18.7. The van der Waals surface area contributed by atoms with Crippen LogP contribution in [0.5, 0.6) is 0 Å². The summed E-state index contributed by atoms with van der Waals surface area (Å²) >= 11 is 1.61. The second-order valence-corrected chi connectivity index (χ2v) is 10.1. The van der Waals surface area contributed by atoms with Gasteiger partial charge in [-0.2, -0.15) is 0 Å². The van der Waals surface area contributed by atoms with E-state index in [9.17, 15) is 9.59 Å². The van der Waals surface area contributed by atoms with Crippen molar-refractivity contribution < 1.29 is 14.3 Å². The standard InChI is InChI=1S/C20H34N4O3S/c1-19(2,3)16-23-14(13-28-16)11-21-17(25)22-12-15-9-7-8-10-24(15)18(26)27-20(4,5)6/h13,15H,7-12H2,1-6H3,(H2,21,22,25). The number of piperidine rings is 1. The smallest absolute Gasteiger partial charge is 0.410 e. The van der Waals surface area contributed by atoms with Crippen molar-refractivity contribution in [3.8, 4) is 0 Å². The number of nitrogens with one attached hydrogen (secondary N) is 2. The van der Waals surface area contributed by atoms with Crippen molar-refractivity contribution in [2.45, 2.75) is 84.4 Å². The molecule has 0 spiro atoms. The normalized spacial score (nSPS) is 17.9. The predicted molar refractivity (Wildman–Crippen MR) is 112 cm³/mol. The van der Waals surface area contributed by atoms with E-state index in [0.717, 1.165) is 30.0 Å². The van der Waals surface area contributed by atoms with Crippen LogP contribution in [0.4, 0.5) is 9.59 Å². The van der Waals surface area contributed by atoms with Gasteiger partial charge in [-0.15, -0.1) is 11.3 Å². The van der Waals surface area contributed by atoms with Crippen LogP contribution in [-0.2, 0) is 16.7 Å². The van der Waals surface area contributed by atoms with Crippen molar-refractivity contribution in [1.82, 2.24) is 20.5 Å². The Morgan fingerprint density at radius 1 is 1.21 bits per heavy atom. The molecule has 1 fully saturated rings. The van der Waals surface area contributed by atoms with Gasteiger partial charge in [0.05, 0.1) is 23.3 Å². The molecule has 8 heteroatoms. The van der Waals surface area contributed by atoms with E-state index >= 15 is 0 Å². The summed E-state index contributed by atoms with van der Waals surface area (Å²) in [7, 11) is 0. The van der Waals surface area contributed by atoms with Crippen molar-refractivity contribution in [3.63, 3.8) is 0 Å². The largest absolute Gasteiger partial charge is 0.444 e. The van der Waals surface area contributed by atoms with E-state index < -0.39 is 5.60 Å². The molecule has 1 aromatic rings. The van der Waals surface area contributed by atoms with Gasteiger partial charge < -0.3 is 20.3 Å². The van der Waals surface area contributed by atoms with Gasteiger partial charge >= 0.3 is 12.1 Å². The van der Waals surface area contributed by atoms with Crippen molar-refractivity contribution in [1.29, 1.82) is 0 Å². The summed E-state index contributed by atoms with van der Waals surface area (Å²) in [6.07, 6.45) is 2.56. The van der Waals surface area contributed by atoms with Gasteiger partial charge in [0.2, 0.25) is 0 Å². The third kappa shape index (κ3) is 6.96. The lowest BCUT2D eigenvalue weighted by atomic mass is 9.98. The highest BCUT2D eigenvalue weighted by molar-refractivity contribution is 7.09. The number of carbonyl (C=O) groups excluding carboxylic acids is 2. The molecule has 2 N–H and O–H groups in total. The molecular weight excluding hydrogens is 376 g/mol. The summed E-state index contributed by atoms with van der Waals surface area (Å²) in [5.74, 6) is 0. The van der Waals surface area contributed by atoms with Crippen LogP contribution in [0.25, 0.3) is 0 Å². The summed E-state index contributed by atoms with van der Waals surface area (Å²) in [4.78, 5) is 30.9. The van der Waals surface area contributed by atoms with Gasteiger partial charge in [0.15, 0.2) is 0 Å². The number of thiazole rings is 1. The molecular formula is C20H34N4O3S. The van der Waals surface area contributed by atoms with Gasteiger partial charge in [-0.25, -0.2) is 14.6 Å². The Hall–Kier alpha value is -1.83.